The van der Waals surface area contributed by atoms with Gasteiger partial charge in [-0.05, 0) is 27.9 Å². The van der Waals surface area contributed by atoms with Crippen LogP contribution in [0.5, 0.6) is 0 Å². The summed E-state index contributed by atoms with van der Waals surface area (Å²) in [6.07, 6.45) is 0.500. The molecule has 0 bridgehead atoms. The van der Waals surface area contributed by atoms with Crippen LogP contribution >= 0.6 is 15.9 Å². The monoisotopic (exact) mass is 300 g/mol. The van der Waals surface area contributed by atoms with Crippen LogP contribution in [0, 0.1) is 10.1 Å². The van der Waals surface area contributed by atoms with Gasteiger partial charge < -0.3 is 5.11 Å². The minimum Gasteiger partial charge on any atom is -0.392 e. The van der Waals surface area contributed by atoms with Crippen molar-refractivity contribution in [3.63, 3.8) is 0 Å². The van der Waals surface area contributed by atoms with E-state index in [4.69, 9.17) is 0 Å². The average Bonchev–Trinajstić information content (AvgIpc) is 2.67. The number of rotatable bonds is 3. The molecule has 1 atom stereocenters. The minimum atomic E-state index is -0.396. The number of likely N-dealkylation sites (tertiary alicyclic amines) is 1. The Morgan fingerprint density at radius 2 is 2.35 bits per heavy atom. The first-order valence-electron chi connectivity index (χ1n) is 5.40. The van der Waals surface area contributed by atoms with Gasteiger partial charge in [0.05, 0.1) is 15.5 Å². The number of hydrogen-bond donors (Lipinski definition) is 1. The predicted molar refractivity (Wildman–Crippen MR) is 66.7 cm³/mol. The summed E-state index contributed by atoms with van der Waals surface area (Å²) in [5.74, 6) is 0. The van der Waals surface area contributed by atoms with Gasteiger partial charge in [-0.2, -0.15) is 0 Å². The largest absolute Gasteiger partial charge is 0.392 e. The second-order valence-corrected chi connectivity index (χ2v) is 4.98. The minimum absolute atomic E-state index is 0.0854. The first-order chi connectivity index (χ1) is 8.08. The molecule has 1 aromatic rings. The molecule has 1 unspecified atom stereocenters. The van der Waals surface area contributed by atoms with Crippen LogP contribution in [0.25, 0.3) is 0 Å². The third-order valence-electron chi connectivity index (χ3n) is 2.90. The van der Waals surface area contributed by atoms with Gasteiger partial charge in [0.25, 0.3) is 5.69 Å². The highest BCUT2D eigenvalue weighted by Crippen LogP contribution is 2.29. The van der Waals surface area contributed by atoms with E-state index < -0.39 is 4.92 Å². The molecular formula is C11H13BrN2O3. The summed E-state index contributed by atoms with van der Waals surface area (Å²) in [5.41, 5.74) is 0.968. The number of nitrogens with zero attached hydrogens (tertiary/aromatic N) is 2. The molecule has 0 saturated carbocycles. The molecule has 0 aliphatic carbocycles. The van der Waals surface area contributed by atoms with Gasteiger partial charge in [-0.15, -0.1) is 0 Å². The molecule has 1 saturated heterocycles. The molecule has 1 N–H and O–H groups in total. The normalized spacial score (nSPS) is 20.7. The molecule has 0 aromatic heterocycles. The summed E-state index contributed by atoms with van der Waals surface area (Å²) in [6.45, 7) is 2.09. The second-order valence-electron chi connectivity index (χ2n) is 4.18. The standard InChI is InChI=1S/C11H13BrN2O3/c12-11-8(2-1-3-10(11)14(16)17)6-13-5-4-9(15)7-13/h1-3,9,15H,4-7H2. The van der Waals surface area contributed by atoms with Crippen LogP contribution in [0.2, 0.25) is 0 Å². The zero-order valence-corrected chi connectivity index (χ0v) is 10.8. The Bertz CT molecular complexity index is 439. The number of aliphatic hydroxyl groups excluding tert-OH is 1. The molecule has 1 aliphatic rings. The Balaban J connectivity index is 2.16. The maximum atomic E-state index is 10.8. The van der Waals surface area contributed by atoms with Crippen molar-refractivity contribution in [3.05, 3.63) is 38.3 Å². The van der Waals surface area contributed by atoms with Crippen molar-refractivity contribution in [2.45, 2.75) is 19.1 Å². The van der Waals surface area contributed by atoms with Crippen molar-refractivity contribution in [1.29, 1.82) is 0 Å². The second kappa shape index (κ2) is 5.12. The molecule has 0 amide bonds. The SMILES string of the molecule is O=[N+]([O-])c1cccc(CN2CCC(O)C2)c1Br. The molecule has 1 heterocycles. The van der Waals surface area contributed by atoms with E-state index in [1.165, 1.54) is 6.07 Å². The summed E-state index contributed by atoms with van der Waals surface area (Å²) in [4.78, 5) is 12.5. The van der Waals surface area contributed by atoms with E-state index in [2.05, 4.69) is 20.8 Å². The summed E-state index contributed by atoms with van der Waals surface area (Å²) in [7, 11) is 0. The van der Waals surface area contributed by atoms with Crippen LogP contribution in [0.15, 0.2) is 22.7 Å². The lowest BCUT2D eigenvalue weighted by atomic mass is 10.2. The molecule has 2 rings (SSSR count). The van der Waals surface area contributed by atoms with E-state index in [1.54, 1.807) is 6.07 Å². The highest BCUT2D eigenvalue weighted by atomic mass is 79.9. The van der Waals surface area contributed by atoms with Crippen LogP contribution in [-0.2, 0) is 6.54 Å². The molecule has 0 spiro atoms. The lowest BCUT2D eigenvalue weighted by Crippen LogP contribution is -2.21. The molecule has 92 valence electrons. The first-order valence-corrected chi connectivity index (χ1v) is 6.19. The lowest BCUT2D eigenvalue weighted by Gasteiger charge is -2.15. The van der Waals surface area contributed by atoms with E-state index in [0.717, 1.165) is 18.5 Å². The van der Waals surface area contributed by atoms with Crippen molar-refractivity contribution >= 4 is 21.6 Å². The van der Waals surface area contributed by atoms with Gasteiger partial charge in [-0.25, -0.2) is 0 Å². The van der Waals surface area contributed by atoms with Crippen LogP contribution in [0.4, 0.5) is 5.69 Å². The third kappa shape index (κ3) is 2.83. The summed E-state index contributed by atoms with van der Waals surface area (Å²) in [5, 5.41) is 20.2. The zero-order chi connectivity index (χ0) is 12.4. The fourth-order valence-electron chi connectivity index (χ4n) is 2.03. The topological polar surface area (TPSA) is 66.6 Å². The maximum Gasteiger partial charge on any atom is 0.283 e. The van der Waals surface area contributed by atoms with Gasteiger partial charge in [0.1, 0.15) is 0 Å². The molecule has 5 nitrogen and oxygen atoms in total. The Morgan fingerprint density at radius 1 is 1.59 bits per heavy atom. The molecule has 17 heavy (non-hydrogen) atoms. The van der Waals surface area contributed by atoms with Crippen LogP contribution in [0.3, 0.4) is 0 Å². The van der Waals surface area contributed by atoms with Gasteiger partial charge in [0, 0.05) is 25.7 Å². The number of benzene rings is 1. The van der Waals surface area contributed by atoms with Crippen molar-refractivity contribution in [1.82, 2.24) is 4.90 Å². The van der Waals surface area contributed by atoms with E-state index in [9.17, 15) is 15.2 Å². The Morgan fingerprint density at radius 3 is 2.94 bits per heavy atom. The maximum absolute atomic E-state index is 10.8. The van der Waals surface area contributed by atoms with Crippen molar-refractivity contribution in [2.75, 3.05) is 13.1 Å². The molecule has 1 fully saturated rings. The fourth-order valence-corrected chi connectivity index (χ4v) is 2.56. The molecule has 1 aliphatic heterocycles. The van der Waals surface area contributed by atoms with Crippen molar-refractivity contribution < 1.29 is 10.0 Å². The Kier molecular flexibility index (Phi) is 3.76. The highest BCUT2D eigenvalue weighted by Gasteiger charge is 2.22. The number of nitro groups is 1. The van der Waals surface area contributed by atoms with Gasteiger partial charge in [0.15, 0.2) is 0 Å². The van der Waals surface area contributed by atoms with E-state index in [-0.39, 0.29) is 11.8 Å². The summed E-state index contributed by atoms with van der Waals surface area (Å²) >= 11 is 3.27. The molecule has 0 radical (unpaired) electrons. The molecular weight excluding hydrogens is 288 g/mol. The first kappa shape index (κ1) is 12.5. The summed E-state index contributed by atoms with van der Waals surface area (Å²) < 4.78 is 0.534. The fraction of sp³-hybridized carbons (Fsp3) is 0.455. The lowest BCUT2D eigenvalue weighted by molar-refractivity contribution is -0.385. The quantitative estimate of drug-likeness (QED) is 0.684. The highest BCUT2D eigenvalue weighted by molar-refractivity contribution is 9.10. The smallest absolute Gasteiger partial charge is 0.283 e. The summed E-state index contributed by atoms with van der Waals surface area (Å²) in [6, 6.07) is 5.03. The number of β-amino-alcohol motifs (C(OH)–C–C–N with tert-alkyl or cyclic N) is 1. The van der Waals surface area contributed by atoms with Crippen LogP contribution in [0.1, 0.15) is 12.0 Å². The Labute approximate surface area is 107 Å². The van der Waals surface area contributed by atoms with Crippen molar-refractivity contribution in [3.8, 4) is 0 Å². The number of halogens is 1. The van der Waals surface area contributed by atoms with E-state index >= 15 is 0 Å². The van der Waals surface area contributed by atoms with Gasteiger partial charge in [-0.3, -0.25) is 15.0 Å². The van der Waals surface area contributed by atoms with Gasteiger partial charge in [-0.1, -0.05) is 12.1 Å². The van der Waals surface area contributed by atoms with E-state index in [1.807, 2.05) is 6.07 Å². The van der Waals surface area contributed by atoms with Crippen molar-refractivity contribution in [2.24, 2.45) is 0 Å². The zero-order valence-electron chi connectivity index (χ0n) is 9.17. The average molecular weight is 301 g/mol. The predicted octanol–water partition coefficient (Wildman–Crippen LogP) is 1.92. The number of aliphatic hydroxyl groups is 1. The van der Waals surface area contributed by atoms with Gasteiger partial charge >= 0.3 is 0 Å². The van der Waals surface area contributed by atoms with E-state index in [0.29, 0.717) is 17.6 Å². The third-order valence-corrected chi connectivity index (χ3v) is 3.81. The van der Waals surface area contributed by atoms with Crippen LogP contribution < -0.4 is 0 Å². The Hall–Kier alpha value is -0.980. The number of nitro benzene ring substituents is 1. The molecule has 6 heteroatoms. The number of hydrogen-bond acceptors (Lipinski definition) is 4. The van der Waals surface area contributed by atoms with Crippen LogP contribution in [-0.4, -0.2) is 34.1 Å². The van der Waals surface area contributed by atoms with Gasteiger partial charge in [0.2, 0.25) is 0 Å². The molecule has 1 aromatic carbocycles.